The summed E-state index contributed by atoms with van der Waals surface area (Å²) in [4.78, 5) is 11.8. The number of anilines is 1. The molecule has 8 heteroatoms. The molecule has 0 aromatic heterocycles. The molecule has 1 saturated carbocycles. The van der Waals surface area contributed by atoms with Gasteiger partial charge in [-0.05, 0) is 37.5 Å². The maximum Gasteiger partial charge on any atom is 0.243 e. The van der Waals surface area contributed by atoms with Gasteiger partial charge in [-0.25, -0.2) is 8.42 Å². The van der Waals surface area contributed by atoms with Gasteiger partial charge in [0, 0.05) is 13.1 Å². The number of halogens is 1. The van der Waals surface area contributed by atoms with Crippen molar-refractivity contribution in [1.29, 1.82) is 0 Å². The van der Waals surface area contributed by atoms with E-state index < -0.39 is 10.0 Å². The van der Waals surface area contributed by atoms with Gasteiger partial charge in [0.15, 0.2) is 0 Å². The number of aryl methyl sites for hydroxylation is 1. The number of benzene rings is 1. The summed E-state index contributed by atoms with van der Waals surface area (Å²) in [6, 6.07) is 3.02. The molecule has 0 heterocycles. The van der Waals surface area contributed by atoms with Crippen LogP contribution in [0.3, 0.4) is 0 Å². The van der Waals surface area contributed by atoms with Crippen molar-refractivity contribution in [2.45, 2.75) is 30.7 Å². The molecule has 0 radical (unpaired) electrons. The molecule has 3 N–H and O–H groups in total. The molecule has 2 rings (SSSR count). The topological polar surface area (TPSA) is 92.5 Å². The minimum atomic E-state index is -3.79. The largest absolute Gasteiger partial charge is 0.397 e. The van der Waals surface area contributed by atoms with E-state index in [1.807, 2.05) is 0 Å². The highest BCUT2D eigenvalue weighted by Gasteiger charge is 2.28. The van der Waals surface area contributed by atoms with Crippen molar-refractivity contribution in [2.24, 2.45) is 0 Å². The maximum absolute atomic E-state index is 12.5. The van der Waals surface area contributed by atoms with Gasteiger partial charge in [-0.15, -0.1) is 0 Å². The normalized spacial score (nSPS) is 15.2. The summed E-state index contributed by atoms with van der Waals surface area (Å²) < 4.78 is 26.0. The van der Waals surface area contributed by atoms with Crippen LogP contribution in [-0.2, 0) is 14.8 Å². The van der Waals surface area contributed by atoms with Crippen LogP contribution < -0.4 is 11.1 Å². The van der Waals surface area contributed by atoms with Crippen LogP contribution in [0.2, 0.25) is 5.02 Å². The monoisotopic (exact) mass is 331 g/mol. The highest BCUT2D eigenvalue weighted by Crippen LogP contribution is 2.27. The second-order valence-electron chi connectivity index (χ2n) is 5.24. The zero-order chi connectivity index (χ0) is 15.8. The molecule has 0 unspecified atom stereocenters. The number of carbonyl (C=O) groups is 1. The quantitative estimate of drug-likeness (QED) is 0.791. The molecule has 1 aliphatic rings. The van der Waals surface area contributed by atoms with E-state index in [9.17, 15) is 13.2 Å². The number of hydrogen-bond donors (Lipinski definition) is 2. The first-order valence-electron chi connectivity index (χ1n) is 6.53. The Hall–Kier alpha value is -1.31. The molecular formula is C13H18ClN3O3S. The van der Waals surface area contributed by atoms with Crippen molar-refractivity contribution in [2.75, 3.05) is 19.3 Å². The van der Waals surface area contributed by atoms with Gasteiger partial charge in [0.1, 0.15) is 0 Å². The number of nitrogen functional groups attached to an aromatic ring is 1. The minimum Gasteiger partial charge on any atom is -0.397 e. The second kappa shape index (κ2) is 5.82. The van der Waals surface area contributed by atoms with Gasteiger partial charge in [0.25, 0.3) is 0 Å². The van der Waals surface area contributed by atoms with E-state index in [0.29, 0.717) is 10.6 Å². The molecular weight excluding hydrogens is 314 g/mol. The highest BCUT2D eigenvalue weighted by atomic mass is 35.5. The first kappa shape index (κ1) is 16.1. The molecule has 1 fully saturated rings. The van der Waals surface area contributed by atoms with Gasteiger partial charge >= 0.3 is 0 Å². The number of amides is 1. The molecule has 0 atom stereocenters. The number of sulfonamides is 1. The summed E-state index contributed by atoms with van der Waals surface area (Å²) in [6.07, 6.45) is 1.91. The Morgan fingerprint density at radius 1 is 1.48 bits per heavy atom. The fraction of sp³-hybridized carbons (Fsp3) is 0.462. The predicted octanol–water partition coefficient (Wildman–Crippen LogP) is 1.13. The Bertz CT molecular complexity index is 671. The van der Waals surface area contributed by atoms with Crippen LogP contribution >= 0.6 is 11.6 Å². The predicted molar refractivity (Wildman–Crippen MR) is 81.6 cm³/mol. The number of likely N-dealkylation sites (N-methyl/N-ethyl adjacent to an activating group) is 1. The van der Waals surface area contributed by atoms with E-state index in [1.165, 1.54) is 19.2 Å². The van der Waals surface area contributed by atoms with Crippen LogP contribution in [0, 0.1) is 6.92 Å². The van der Waals surface area contributed by atoms with Crippen LogP contribution in [0.5, 0.6) is 0 Å². The smallest absolute Gasteiger partial charge is 0.243 e. The number of hydrogen-bond acceptors (Lipinski definition) is 4. The molecule has 0 saturated heterocycles. The van der Waals surface area contributed by atoms with Crippen molar-refractivity contribution >= 4 is 33.2 Å². The Morgan fingerprint density at radius 3 is 2.67 bits per heavy atom. The van der Waals surface area contributed by atoms with Crippen molar-refractivity contribution < 1.29 is 13.2 Å². The van der Waals surface area contributed by atoms with Gasteiger partial charge < -0.3 is 11.1 Å². The van der Waals surface area contributed by atoms with Crippen LogP contribution in [0.15, 0.2) is 17.0 Å². The minimum absolute atomic E-state index is 0.0612. The third-order valence-corrected chi connectivity index (χ3v) is 5.56. The van der Waals surface area contributed by atoms with Crippen molar-refractivity contribution in [1.82, 2.24) is 9.62 Å². The molecule has 1 amide bonds. The second-order valence-corrected chi connectivity index (χ2v) is 7.66. The number of nitrogens with zero attached hydrogens (tertiary/aromatic N) is 1. The standard InChI is InChI=1S/C13H18ClN3O3S/c1-8-5-10(14)11(15)6-12(8)21(19,20)17(2)7-13(18)16-9-3-4-9/h5-6,9H,3-4,7,15H2,1-2H3,(H,16,18). The fourth-order valence-electron chi connectivity index (χ4n) is 1.90. The lowest BCUT2D eigenvalue weighted by Crippen LogP contribution is -2.39. The third kappa shape index (κ3) is 3.66. The summed E-state index contributed by atoms with van der Waals surface area (Å²) in [5.74, 6) is -0.303. The number of nitrogens with one attached hydrogen (secondary N) is 1. The number of carbonyl (C=O) groups excluding carboxylic acids is 1. The average molecular weight is 332 g/mol. The van der Waals surface area contributed by atoms with E-state index in [1.54, 1.807) is 6.92 Å². The van der Waals surface area contributed by atoms with Gasteiger partial charge in [0.2, 0.25) is 15.9 Å². The van der Waals surface area contributed by atoms with E-state index in [-0.39, 0.29) is 29.1 Å². The summed E-state index contributed by atoms with van der Waals surface area (Å²) in [5, 5.41) is 3.06. The molecule has 21 heavy (non-hydrogen) atoms. The molecule has 0 aliphatic heterocycles. The summed E-state index contributed by atoms with van der Waals surface area (Å²) in [5.41, 5.74) is 6.35. The van der Waals surface area contributed by atoms with Gasteiger partial charge in [-0.1, -0.05) is 11.6 Å². The highest BCUT2D eigenvalue weighted by molar-refractivity contribution is 7.89. The lowest BCUT2D eigenvalue weighted by molar-refractivity contribution is -0.121. The first-order valence-corrected chi connectivity index (χ1v) is 8.35. The maximum atomic E-state index is 12.5. The van der Waals surface area contributed by atoms with E-state index in [2.05, 4.69) is 5.32 Å². The van der Waals surface area contributed by atoms with Crippen molar-refractivity contribution in [3.63, 3.8) is 0 Å². The summed E-state index contributed by atoms with van der Waals surface area (Å²) in [7, 11) is -2.42. The number of rotatable bonds is 5. The van der Waals surface area contributed by atoms with Gasteiger partial charge in [-0.3, -0.25) is 4.79 Å². The van der Waals surface area contributed by atoms with Gasteiger partial charge in [-0.2, -0.15) is 4.31 Å². The zero-order valence-corrected chi connectivity index (χ0v) is 13.5. The van der Waals surface area contributed by atoms with Crippen molar-refractivity contribution in [3.8, 4) is 0 Å². The van der Waals surface area contributed by atoms with Crippen molar-refractivity contribution in [3.05, 3.63) is 22.7 Å². The van der Waals surface area contributed by atoms with Crippen LogP contribution in [-0.4, -0.2) is 38.3 Å². The average Bonchev–Trinajstić information content (AvgIpc) is 3.17. The molecule has 1 aromatic carbocycles. The Morgan fingerprint density at radius 2 is 2.10 bits per heavy atom. The van der Waals surface area contributed by atoms with Crippen LogP contribution in [0.4, 0.5) is 5.69 Å². The van der Waals surface area contributed by atoms with Gasteiger partial charge in [0.05, 0.1) is 22.2 Å². The molecule has 116 valence electrons. The fourth-order valence-corrected chi connectivity index (χ4v) is 3.49. The van der Waals surface area contributed by atoms with Crippen LogP contribution in [0.25, 0.3) is 0 Å². The van der Waals surface area contributed by atoms with Crippen LogP contribution in [0.1, 0.15) is 18.4 Å². The Kier molecular flexibility index (Phi) is 4.46. The summed E-state index contributed by atoms with van der Waals surface area (Å²) in [6.45, 7) is 1.41. The van der Waals surface area contributed by atoms with E-state index >= 15 is 0 Å². The molecule has 0 bridgehead atoms. The lowest BCUT2D eigenvalue weighted by atomic mass is 10.2. The molecule has 1 aliphatic carbocycles. The zero-order valence-electron chi connectivity index (χ0n) is 11.9. The molecule has 6 nitrogen and oxygen atoms in total. The number of nitrogens with two attached hydrogens (primary N) is 1. The Balaban J connectivity index is 2.20. The molecule has 1 aromatic rings. The van der Waals surface area contributed by atoms with E-state index in [0.717, 1.165) is 17.1 Å². The lowest BCUT2D eigenvalue weighted by Gasteiger charge is -2.18. The van der Waals surface area contributed by atoms with E-state index in [4.69, 9.17) is 17.3 Å². The first-order chi connectivity index (χ1) is 9.71. The third-order valence-electron chi connectivity index (χ3n) is 3.29. The SMILES string of the molecule is Cc1cc(Cl)c(N)cc1S(=O)(=O)N(C)CC(=O)NC1CC1. The molecule has 0 spiro atoms. The Labute approximate surface area is 129 Å². The summed E-state index contributed by atoms with van der Waals surface area (Å²) >= 11 is 5.87.